The van der Waals surface area contributed by atoms with Crippen LogP contribution in [0.5, 0.6) is 5.75 Å². The van der Waals surface area contributed by atoms with Crippen LogP contribution in [0.15, 0.2) is 24.3 Å². The Morgan fingerprint density at radius 2 is 1.96 bits per heavy atom. The van der Waals surface area contributed by atoms with Crippen LogP contribution in [0.2, 0.25) is 0 Å². The normalized spacial score (nSPS) is 20.5. The van der Waals surface area contributed by atoms with E-state index in [1.165, 1.54) is 0 Å². The summed E-state index contributed by atoms with van der Waals surface area (Å²) >= 11 is 3.30. The van der Waals surface area contributed by atoms with Gasteiger partial charge in [-0.1, -0.05) is 45.9 Å². The zero-order valence-electron chi connectivity index (χ0n) is 15.3. The molecule has 1 saturated heterocycles. The highest BCUT2D eigenvalue weighted by atomic mass is 32.2. The smallest absolute Gasteiger partial charge is 0.225 e. The first-order valence-corrected chi connectivity index (χ1v) is 10.8. The fourth-order valence-electron chi connectivity index (χ4n) is 2.86. The van der Waals surface area contributed by atoms with Crippen molar-refractivity contribution in [3.63, 3.8) is 0 Å². The van der Waals surface area contributed by atoms with E-state index >= 15 is 0 Å². The molecule has 1 aliphatic heterocycles. The highest BCUT2D eigenvalue weighted by molar-refractivity contribution is 8.00. The second-order valence-electron chi connectivity index (χ2n) is 6.79. The van der Waals surface area contributed by atoms with Gasteiger partial charge in [0.1, 0.15) is 17.2 Å². The fourth-order valence-corrected chi connectivity index (χ4v) is 5.12. The van der Waals surface area contributed by atoms with Gasteiger partial charge in [0.15, 0.2) is 5.78 Å². The summed E-state index contributed by atoms with van der Waals surface area (Å²) in [4.78, 5) is 27.3. The second-order valence-corrected chi connectivity index (χ2v) is 9.59. The minimum Gasteiger partial charge on any atom is -0.508 e. The summed E-state index contributed by atoms with van der Waals surface area (Å²) in [5.74, 6) is 1.47. The molecule has 1 N–H and O–H groups in total. The number of para-hydroxylation sites is 1. The third-order valence-electron chi connectivity index (χ3n) is 4.16. The first-order chi connectivity index (χ1) is 11.8. The molecule has 1 fully saturated rings. The molecule has 2 rings (SSSR count). The number of Topliss-reactive ketones (excluding diaryl/α,β-unsaturated/α-hetero) is 1. The van der Waals surface area contributed by atoms with E-state index in [1.54, 1.807) is 40.6 Å². The average molecular weight is 382 g/mol. The molecule has 0 spiro atoms. The zero-order valence-corrected chi connectivity index (χ0v) is 16.9. The van der Waals surface area contributed by atoms with Crippen LogP contribution in [0.4, 0.5) is 0 Å². The fraction of sp³-hybridized carbons (Fsp3) is 0.579. The molecule has 0 aliphatic carbocycles. The Morgan fingerprint density at radius 1 is 1.28 bits per heavy atom. The Hall–Kier alpha value is -1.14. The van der Waals surface area contributed by atoms with Gasteiger partial charge in [0, 0.05) is 29.4 Å². The molecule has 138 valence electrons. The van der Waals surface area contributed by atoms with Crippen molar-refractivity contribution in [2.45, 2.75) is 50.8 Å². The predicted molar refractivity (Wildman–Crippen MR) is 106 cm³/mol. The van der Waals surface area contributed by atoms with E-state index < -0.39 is 6.04 Å². The summed E-state index contributed by atoms with van der Waals surface area (Å²) in [5, 5.41) is 10.4. The van der Waals surface area contributed by atoms with E-state index in [9.17, 15) is 14.7 Å². The number of carbonyl (C=O) groups is 2. The van der Waals surface area contributed by atoms with Crippen molar-refractivity contribution in [3.05, 3.63) is 29.8 Å². The van der Waals surface area contributed by atoms with Gasteiger partial charge in [0.25, 0.3) is 0 Å². The minimum atomic E-state index is -0.411. The SMILES string of the molecule is CC(C)SCCC(=O)N1[C@@H](c2ccccc2O)SC[C@H]1C(=O)C(C)C. The topological polar surface area (TPSA) is 57.6 Å². The van der Waals surface area contributed by atoms with Crippen LogP contribution in [0.3, 0.4) is 0 Å². The molecule has 0 saturated carbocycles. The molecular weight excluding hydrogens is 354 g/mol. The maximum absolute atomic E-state index is 12.9. The molecule has 1 aromatic rings. The Bertz CT molecular complexity index is 618. The molecule has 0 radical (unpaired) electrons. The number of benzene rings is 1. The highest BCUT2D eigenvalue weighted by Crippen LogP contribution is 2.45. The number of hydrogen-bond acceptors (Lipinski definition) is 5. The van der Waals surface area contributed by atoms with Gasteiger partial charge in [-0.15, -0.1) is 11.8 Å². The molecular formula is C19H27NO3S2. The summed E-state index contributed by atoms with van der Waals surface area (Å²) in [6.45, 7) is 7.96. The van der Waals surface area contributed by atoms with Crippen molar-refractivity contribution in [1.82, 2.24) is 4.90 Å². The Morgan fingerprint density at radius 3 is 2.56 bits per heavy atom. The second kappa shape index (κ2) is 8.99. The zero-order chi connectivity index (χ0) is 18.6. The lowest BCUT2D eigenvalue weighted by Crippen LogP contribution is -2.44. The van der Waals surface area contributed by atoms with Crippen LogP contribution in [0.25, 0.3) is 0 Å². The maximum atomic E-state index is 12.9. The van der Waals surface area contributed by atoms with Crippen molar-refractivity contribution < 1.29 is 14.7 Å². The number of phenols is 1. The number of carbonyl (C=O) groups excluding carboxylic acids is 2. The number of phenolic OH excluding ortho intramolecular Hbond substituents is 1. The number of nitrogens with zero attached hydrogens (tertiary/aromatic N) is 1. The average Bonchev–Trinajstić information content (AvgIpc) is 2.98. The molecule has 0 bridgehead atoms. The number of hydrogen-bond donors (Lipinski definition) is 1. The monoisotopic (exact) mass is 381 g/mol. The van der Waals surface area contributed by atoms with Gasteiger partial charge in [-0.2, -0.15) is 11.8 Å². The molecule has 0 aromatic heterocycles. The Balaban J connectivity index is 2.25. The summed E-state index contributed by atoms with van der Waals surface area (Å²) in [6.07, 6.45) is 0.412. The lowest BCUT2D eigenvalue weighted by Gasteiger charge is -2.30. The number of thioether (sulfide) groups is 2. The summed E-state index contributed by atoms with van der Waals surface area (Å²) in [5.41, 5.74) is 0.705. The molecule has 1 amide bonds. The van der Waals surface area contributed by atoms with E-state index in [0.717, 1.165) is 5.75 Å². The van der Waals surface area contributed by atoms with Crippen LogP contribution in [-0.4, -0.2) is 44.5 Å². The van der Waals surface area contributed by atoms with Crippen LogP contribution in [0.1, 0.15) is 45.1 Å². The van der Waals surface area contributed by atoms with Crippen molar-refractivity contribution in [1.29, 1.82) is 0 Å². The van der Waals surface area contributed by atoms with Crippen LogP contribution >= 0.6 is 23.5 Å². The lowest BCUT2D eigenvalue weighted by atomic mass is 10.0. The molecule has 0 unspecified atom stereocenters. The van der Waals surface area contributed by atoms with Gasteiger partial charge in [0.05, 0.1) is 0 Å². The van der Waals surface area contributed by atoms with Crippen LogP contribution in [-0.2, 0) is 9.59 Å². The summed E-state index contributed by atoms with van der Waals surface area (Å²) in [6, 6.07) is 6.67. The minimum absolute atomic E-state index is 0.00889. The van der Waals surface area contributed by atoms with Crippen LogP contribution in [0, 0.1) is 5.92 Å². The maximum Gasteiger partial charge on any atom is 0.225 e. The first kappa shape index (κ1) is 20.2. The van der Waals surface area contributed by atoms with Gasteiger partial charge in [-0.25, -0.2) is 0 Å². The molecule has 6 heteroatoms. The summed E-state index contributed by atoms with van der Waals surface area (Å²) in [7, 11) is 0. The van der Waals surface area contributed by atoms with Crippen molar-refractivity contribution in [3.8, 4) is 5.75 Å². The number of rotatable bonds is 7. The largest absolute Gasteiger partial charge is 0.508 e. The highest BCUT2D eigenvalue weighted by Gasteiger charge is 2.43. The predicted octanol–water partition coefficient (Wildman–Crippen LogP) is 4.09. The lowest BCUT2D eigenvalue weighted by molar-refractivity contribution is -0.139. The van der Waals surface area contributed by atoms with Crippen molar-refractivity contribution in [2.75, 3.05) is 11.5 Å². The summed E-state index contributed by atoms with van der Waals surface area (Å²) < 4.78 is 0. The molecule has 4 nitrogen and oxygen atoms in total. The molecule has 2 atom stereocenters. The van der Waals surface area contributed by atoms with Crippen LogP contribution < -0.4 is 0 Å². The standard InChI is InChI=1S/C19H27NO3S2/c1-12(2)18(23)15-11-25-19(14-7-5-6-8-16(14)21)20(15)17(22)9-10-24-13(3)4/h5-8,12-13,15,19,21H,9-11H2,1-4H3/t15-,19+/m0/s1. The van der Waals surface area contributed by atoms with Gasteiger partial charge >= 0.3 is 0 Å². The van der Waals surface area contributed by atoms with Gasteiger partial charge in [-0.3, -0.25) is 9.59 Å². The van der Waals surface area contributed by atoms with E-state index in [0.29, 0.717) is 23.0 Å². The van der Waals surface area contributed by atoms with E-state index in [2.05, 4.69) is 13.8 Å². The molecule has 1 aliphatic rings. The van der Waals surface area contributed by atoms with E-state index in [1.807, 2.05) is 26.0 Å². The molecule has 25 heavy (non-hydrogen) atoms. The van der Waals surface area contributed by atoms with Gasteiger partial charge < -0.3 is 10.0 Å². The number of aromatic hydroxyl groups is 1. The number of amides is 1. The van der Waals surface area contributed by atoms with E-state index in [-0.39, 0.29) is 28.7 Å². The number of ketones is 1. The Kier molecular flexibility index (Phi) is 7.25. The van der Waals surface area contributed by atoms with Gasteiger partial charge in [0.2, 0.25) is 5.91 Å². The molecule has 1 aromatic carbocycles. The third-order valence-corrected chi connectivity index (χ3v) is 6.57. The van der Waals surface area contributed by atoms with E-state index in [4.69, 9.17) is 0 Å². The van der Waals surface area contributed by atoms with Gasteiger partial charge in [-0.05, 0) is 11.3 Å². The third kappa shape index (κ3) is 4.94. The quantitative estimate of drug-likeness (QED) is 0.771. The Labute approximate surface area is 158 Å². The van der Waals surface area contributed by atoms with Crippen molar-refractivity contribution in [2.24, 2.45) is 5.92 Å². The molecule has 1 heterocycles. The first-order valence-electron chi connectivity index (χ1n) is 8.69. The van der Waals surface area contributed by atoms with Crippen molar-refractivity contribution >= 4 is 35.2 Å².